The molecular weight excluding hydrogens is 358 g/mol. The lowest BCUT2D eigenvalue weighted by Gasteiger charge is -2.29. The molecule has 4 N–H and O–H groups in total. The van der Waals surface area contributed by atoms with E-state index >= 15 is 0 Å². The van der Waals surface area contributed by atoms with E-state index in [1.54, 1.807) is 0 Å². The molecule has 1 saturated heterocycles. The second-order valence-corrected chi connectivity index (χ2v) is 8.25. The number of hydrogen-bond donors (Lipinski definition) is 3. The normalized spacial score (nSPS) is 15.8. The van der Waals surface area contributed by atoms with E-state index < -0.39 is 6.04 Å². The number of carbonyl (C=O) groups is 1. The van der Waals surface area contributed by atoms with Gasteiger partial charge in [0.2, 0.25) is 5.91 Å². The Morgan fingerprint density at radius 2 is 1.96 bits per heavy atom. The van der Waals surface area contributed by atoms with Crippen molar-refractivity contribution in [3.8, 4) is 11.1 Å². The van der Waals surface area contributed by atoms with E-state index in [-0.39, 0.29) is 5.91 Å². The molecule has 1 atom stereocenters. The Morgan fingerprint density at radius 3 is 2.59 bits per heavy atom. The van der Waals surface area contributed by atoms with Crippen molar-refractivity contribution in [3.63, 3.8) is 0 Å². The minimum atomic E-state index is -0.504. The number of rotatable bonds is 6. The maximum atomic E-state index is 12.4. The number of amides is 1. The van der Waals surface area contributed by atoms with E-state index in [4.69, 9.17) is 5.73 Å². The minimum Gasteiger partial charge on any atom is -0.369 e. The number of carbonyl (C=O) groups excluding carboxylic acids is 1. The summed E-state index contributed by atoms with van der Waals surface area (Å²) in [5, 5.41) is 7.13. The Kier molecular flexibility index (Phi) is 6.46. The smallest absolute Gasteiger partial charge is 0.241 e. The van der Waals surface area contributed by atoms with Crippen molar-refractivity contribution in [2.45, 2.75) is 33.2 Å². The van der Waals surface area contributed by atoms with Crippen molar-refractivity contribution in [1.82, 2.24) is 9.69 Å². The Hall–Kier alpha value is -1.96. The third kappa shape index (κ3) is 4.86. The number of piperazine rings is 1. The first-order valence-corrected chi connectivity index (χ1v) is 10.3. The highest BCUT2D eigenvalue weighted by atomic mass is 32.1. The van der Waals surface area contributed by atoms with Crippen LogP contribution in [0.15, 0.2) is 24.3 Å². The van der Waals surface area contributed by atoms with Crippen molar-refractivity contribution >= 4 is 28.1 Å². The lowest BCUT2D eigenvalue weighted by molar-refractivity contribution is -0.117. The van der Waals surface area contributed by atoms with Crippen LogP contribution in [0.2, 0.25) is 0 Å². The van der Waals surface area contributed by atoms with Crippen LogP contribution in [-0.4, -0.2) is 42.5 Å². The lowest BCUT2D eigenvalue weighted by Crippen LogP contribution is -2.43. The average molecular weight is 388 g/mol. The quantitative estimate of drug-likeness (QED) is 0.710. The van der Waals surface area contributed by atoms with Gasteiger partial charge in [0, 0.05) is 37.4 Å². The van der Waals surface area contributed by atoms with Gasteiger partial charge in [-0.3, -0.25) is 4.79 Å². The number of nitrogens with one attached hydrogen (secondary N) is 2. The summed E-state index contributed by atoms with van der Waals surface area (Å²) >= 11 is 1.31. The molecule has 2 aromatic rings. The molecule has 1 fully saturated rings. The molecule has 1 aromatic carbocycles. The molecule has 1 aliphatic heterocycles. The highest BCUT2D eigenvalue weighted by Gasteiger charge is 2.20. The molecule has 1 amide bonds. The number of nitrogens with two attached hydrogens (primary N) is 1. The van der Waals surface area contributed by atoms with Crippen LogP contribution in [0.3, 0.4) is 0 Å². The summed E-state index contributed by atoms with van der Waals surface area (Å²) in [5.41, 5.74) is 10.2. The summed E-state index contributed by atoms with van der Waals surface area (Å²) in [6.45, 7) is 10.2. The minimum absolute atomic E-state index is 0.147. The summed E-state index contributed by atoms with van der Waals surface area (Å²) in [6.07, 6.45) is 0.665. The van der Waals surface area contributed by atoms with Crippen molar-refractivity contribution in [1.29, 1.82) is 0 Å². The second kappa shape index (κ2) is 8.82. The Morgan fingerprint density at radius 1 is 1.30 bits per heavy atom. The number of hydrogen-bond acceptors (Lipinski definition) is 6. The van der Waals surface area contributed by atoms with Gasteiger partial charge in [0.1, 0.15) is 5.00 Å². The topological polar surface area (TPSA) is 83.3 Å². The second-order valence-electron chi connectivity index (χ2n) is 7.48. The van der Waals surface area contributed by atoms with Crippen molar-refractivity contribution in [2.75, 3.05) is 36.4 Å². The summed E-state index contributed by atoms with van der Waals surface area (Å²) in [4.78, 5) is 14.8. The van der Waals surface area contributed by atoms with Crippen LogP contribution in [0.5, 0.6) is 0 Å². The lowest BCUT2D eigenvalue weighted by atomic mass is 10.0. The maximum absolute atomic E-state index is 12.4. The van der Waals surface area contributed by atoms with Gasteiger partial charge in [-0.2, -0.15) is 4.37 Å². The number of benzene rings is 1. The fraction of sp³-hybridized carbons (Fsp3) is 0.500. The third-order valence-corrected chi connectivity index (χ3v) is 5.65. The third-order valence-electron chi connectivity index (χ3n) is 4.80. The molecule has 1 aliphatic rings. The standard InChI is InChI=1S/C20H29N5OS/c1-13(2)12-17(21)19(26)23-20-18(14(3)24-27-20)15-4-6-16(7-5-15)25-10-8-22-9-11-25/h4-7,13,17,22H,8-12,21H2,1-3H3,(H,23,26)/t17-/m0/s1. The molecular formula is C20H29N5OS. The first kappa shape index (κ1) is 19.8. The van der Waals surface area contributed by atoms with Crippen molar-refractivity contribution in [3.05, 3.63) is 30.0 Å². The first-order chi connectivity index (χ1) is 13.0. The SMILES string of the molecule is Cc1nsc(NC(=O)[C@@H](N)CC(C)C)c1-c1ccc(N2CCNCC2)cc1. The van der Waals surface area contributed by atoms with Gasteiger partial charge in [0.05, 0.1) is 11.7 Å². The highest BCUT2D eigenvalue weighted by molar-refractivity contribution is 7.11. The molecule has 0 unspecified atom stereocenters. The maximum Gasteiger partial charge on any atom is 0.241 e. The van der Waals surface area contributed by atoms with Gasteiger partial charge in [-0.05, 0) is 48.5 Å². The first-order valence-electron chi connectivity index (χ1n) is 9.54. The Bertz CT molecular complexity index is 765. The summed E-state index contributed by atoms with van der Waals surface area (Å²) in [5.74, 6) is 0.233. The number of aryl methyl sites for hydroxylation is 1. The predicted molar refractivity (Wildman–Crippen MR) is 113 cm³/mol. The van der Waals surface area contributed by atoms with Crippen molar-refractivity contribution in [2.24, 2.45) is 11.7 Å². The molecule has 0 saturated carbocycles. The van der Waals surface area contributed by atoms with Crippen molar-refractivity contribution < 1.29 is 4.79 Å². The largest absolute Gasteiger partial charge is 0.369 e. The molecule has 6 nitrogen and oxygen atoms in total. The monoisotopic (exact) mass is 387 g/mol. The Labute approximate surface area is 165 Å². The van der Waals surface area contributed by atoms with Gasteiger partial charge in [0.15, 0.2) is 0 Å². The Balaban J connectivity index is 1.77. The van der Waals surface area contributed by atoms with E-state index in [0.29, 0.717) is 12.3 Å². The molecule has 27 heavy (non-hydrogen) atoms. The average Bonchev–Trinajstić information content (AvgIpc) is 3.02. The van der Waals surface area contributed by atoms with Crippen LogP contribution in [0.4, 0.5) is 10.7 Å². The van der Waals surface area contributed by atoms with Gasteiger partial charge in [-0.25, -0.2) is 0 Å². The van der Waals surface area contributed by atoms with Gasteiger partial charge in [0.25, 0.3) is 0 Å². The van der Waals surface area contributed by atoms with Crippen LogP contribution in [0.1, 0.15) is 26.0 Å². The molecule has 0 bridgehead atoms. The molecule has 7 heteroatoms. The number of nitrogens with zero attached hydrogens (tertiary/aromatic N) is 2. The zero-order valence-corrected chi connectivity index (χ0v) is 17.1. The van der Waals surface area contributed by atoms with E-state index in [1.165, 1.54) is 17.2 Å². The summed E-state index contributed by atoms with van der Waals surface area (Å²) < 4.78 is 4.45. The summed E-state index contributed by atoms with van der Waals surface area (Å²) in [7, 11) is 0. The van der Waals surface area contributed by atoms with Crippen LogP contribution >= 0.6 is 11.5 Å². The number of aromatic nitrogens is 1. The van der Waals surface area contributed by atoms with E-state index in [0.717, 1.165) is 48.0 Å². The van der Waals surface area contributed by atoms with Gasteiger partial charge >= 0.3 is 0 Å². The highest BCUT2D eigenvalue weighted by Crippen LogP contribution is 2.35. The summed E-state index contributed by atoms with van der Waals surface area (Å²) in [6, 6.07) is 8.01. The molecule has 146 valence electrons. The molecule has 0 radical (unpaired) electrons. The van der Waals surface area contributed by atoms with Gasteiger partial charge < -0.3 is 21.3 Å². The predicted octanol–water partition coefficient (Wildman–Crippen LogP) is 2.84. The zero-order chi connectivity index (χ0) is 19.4. The van der Waals surface area contributed by atoms with Crippen LogP contribution < -0.4 is 21.3 Å². The molecule has 0 spiro atoms. The molecule has 1 aromatic heterocycles. The van der Waals surface area contributed by atoms with Crippen LogP contribution in [0, 0.1) is 12.8 Å². The van der Waals surface area contributed by atoms with E-state index in [2.05, 4.69) is 58.0 Å². The fourth-order valence-electron chi connectivity index (χ4n) is 3.38. The van der Waals surface area contributed by atoms with E-state index in [1.807, 2.05) is 6.92 Å². The van der Waals surface area contributed by atoms with E-state index in [9.17, 15) is 4.79 Å². The van der Waals surface area contributed by atoms with Crippen LogP contribution in [-0.2, 0) is 4.79 Å². The van der Waals surface area contributed by atoms with Gasteiger partial charge in [-0.15, -0.1) is 0 Å². The van der Waals surface area contributed by atoms with Crippen LogP contribution in [0.25, 0.3) is 11.1 Å². The van der Waals surface area contributed by atoms with Gasteiger partial charge in [-0.1, -0.05) is 26.0 Å². The molecule has 2 heterocycles. The molecule has 0 aliphatic carbocycles. The zero-order valence-electron chi connectivity index (χ0n) is 16.3. The molecule has 3 rings (SSSR count). The number of anilines is 2. The fourth-order valence-corrected chi connectivity index (χ4v) is 4.20.